The molecule has 0 nitrogen and oxygen atoms in total. The van der Waals surface area contributed by atoms with E-state index < -0.39 is 0 Å². The van der Waals surface area contributed by atoms with Crippen LogP contribution in [0.1, 0.15) is 13.8 Å². The van der Waals surface area contributed by atoms with Gasteiger partial charge in [-0.25, -0.2) is 0 Å². The molecule has 0 saturated carbocycles. The lowest BCUT2D eigenvalue weighted by Crippen LogP contribution is -1.94. The van der Waals surface area contributed by atoms with Gasteiger partial charge in [-0.15, -0.1) is 23.5 Å². The van der Waals surface area contributed by atoms with E-state index in [2.05, 4.69) is 87.6 Å². The quantitative estimate of drug-likeness (QED) is 0.444. The summed E-state index contributed by atoms with van der Waals surface area (Å²) in [6.45, 7) is 4.25. The Labute approximate surface area is 153 Å². The van der Waals surface area contributed by atoms with E-state index in [0.29, 0.717) is 10.5 Å². The van der Waals surface area contributed by atoms with Crippen LogP contribution < -0.4 is 0 Å². The van der Waals surface area contributed by atoms with Crippen molar-refractivity contribution in [2.24, 2.45) is 0 Å². The number of thioether (sulfide) groups is 2. The second kappa shape index (κ2) is 9.21. The molecule has 0 saturated heterocycles. The van der Waals surface area contributed by atoms with Crippen molar-refractivity contribution < 1.29 is 0 Å². The van der Waals surface area contributed by atoms with Gasteiger partial charge in [0, 0.05) is 31.8 Å². The summed E-state index contributed by atoms with van der Waals surface area (Å²) in [5.74, 6) is 2.08. The second-order valence-corrected chi connectivity index (χ2v) is 9.32. The molecule has 2 atom stereocenters. The van der Waals surface area contributed by atoms with Gasteiger partial charge in [-0.05, 0) is 35.4 Å². The van der Waals surface area contributed by atoms with E-state index in [1.807, 2.05) is 23.5 Å². The van der Waals surface area contributed by atoms with Gasteiger partial charge in [-0.3, -0.25) is 0 Å². The summed E-state index contributed by atoms with van der Waals surface area (Å²) in [4.78, 5) is 2.61. The molecule has 0 bridgehead atoms. The molecule has 0 heterocycles. The van der Waals surface area contributed by atoms with Gasteiger partial charge in [-0.1, -0.05) is 38.1 Å². The fourth-order valence-electron chi connectivity index (χ4n) is 1.92. The molecule has 0 spiro atoms. The number of benzene rings is 2. The minimum Gasteiger partial charge on any atom is -0.175 e. The lowest BCUT2D eigenvalue weighted by Gasteiger charge is -2.07. The van der Waals surface area contributed by atoms with Crippen molar-refractivity contribution in [2.45, 2.75) is 34.1 Å². The first-order valence-electron chi connectivity index (χ1n) is 7.37. The topological polar surface area (TPSA) is 0 Å². The standard InChI is InChI=1S/C18H22S4/c1-13(19)11-21-17-7-3-15(4-8-17)16-5-9-18(10-6-16)22-12-14(2)20/h3-10,13-14,19-20H,11-12H2,1-2H3. The number of hydrogen-bond acceptors (Lipinski definition) is 4. The van der Waals surface area contributed by atoms with Gasteiger partial charge in [0.15, 0.2) is 0 Å². The van der Waals surface area contributed by atoms with Crippen molar-refractivity contribution in [3.05, 3.63) is 48.5 Å². The zero-order valence-electron chi connectivity index (χ0n) is 12.9. The average molecular weight is 367 g/mol. The summed E-state index contributed by atoms with van der Waals surface area (Å²) in [6.07, 6.45) is 0. The number of hydrogen-bond donors (Lipinski definition) is 2. The lowest BCUT2D eigenvalue weighted by molar-refractivity contribution is 1.14. The average Bonchev–Trinajstić information content (AvgIpc) is 2.52. The third-order valence-electron chi connectivity index (χ3n) is 3.02. The summed E-state index contributed by atoms with van der Waals surface area (Å²) in [5, 5.41) is 0.851. The maximum Gasteiger partial charge on any atom is 0.00943 e. The Hall–Kier alpha value is -0.160. The molecule has 118 valence electrons. The first-order valence-corrected chi connectivity index (χ1v) is 10.4. The minimum atomic E-state index is 0.426. The zero-order chi connectivity index (χ0) is 15.9. The first kappa shape index (κ1) is 18.2. The van der Waals surface area contributed by atoms with Gasteiger partial charge in [0.2, 0.25) is 0 Å². The van der Waals surface area contributed by atoms with Crippen molar-refractivity contribution in [1.82, 2.24) is 0 Å². The molecule has 2 rings (SSSR count). The van der Waals surface area contributed by atoms with Crippen molar-refractivity contribution in [2.75, 3.05) is 11.5 Å². The molecule has 0 aliphatic carbocycles. The van der Waals surface area contributed by atoms with E-state index in [1.165, 1.54) is 20.9 Å². The third kappa shape index (κ3) is 6.15. The smallest absolute Gasteiger partial charge is 0.00943 e. The normalized spacial score (nSPS) is 13.8. The highest BCUT2D eigenvalue weighted by Gasteiger charge is 2.02. The molecule has 0 aliphatic rings. The van der Waals surface area contributed by atoms with E-state index in [-0.39, 0.29) is 0 Å². The largest absolute Gasteiger partial charge is 0.175 e. The van der Waals surface area contributed by atoms with Gasteiger partial charge in [0.25, 0.3) is 0 Å². The molecule has 0 fully saturated rings. The summed E-state index contributed by atoms with van der Waals surface area (Å²) in [7, 11) is 0. The Bertz CT molecular complexity index is 505. The highest BCUT2D eigenvalue weighted by Crippen LogP contribution is 2.27. The molecule has 2 unspecified atom stereocenters. The van der Waals surface area contributed by atoms with E-state index in [9.17, 15) is 0 Å². The van der Waals surface area contributed by atoms with Crippen LogP contribution in [0.4, 0.5) is 0 Å². The molecule has 0 aromatic heterocycles. The molecule has 22 heavy (non-hydrogen) atoms. The van der Waals surface area contributed by atoms with Crippen LogP contribution in [0, 0.1) is 0 Å². The lowest BCUT2D eigenvalue weighted by atomic mass is 10.1. The minimum absolute atomic E-state index is 0.426. The van der Waals surface area contributed by atoms with Crippen LogP contribution in [0.2, 0.25) is 0 Å². The predicted octanol–water partition coefficient (Wildman–Crippen LogP) is 6.17. The summed E-state index contributed by atoms with van der Waals surface area (Å²) >= 11 is 12.5. The summed E-state index contributed by atoms with van der Waals surface area (Å²) < 4.78 is 0. The maximum atomic E-state index is 4.42. The van der Waals surface area contributed by atoms with Crippen LogP contribution in [0.25, 0.3) is 11.1 Å². The van der Waals surface area contributed by atoms with Crippen molar-refractivity contribution >= 4 is 48.8 Å². The van der Waals surface area contributed by atoms with Gasteiger partial charge < -0.3 is 0 Å². The molecule has 2 aromatic rings. The van der Waals surface area contributed by atoms with Crippen LogP contribution >= 0.6 is 48.8 Å². The zero-order valence-corrected chi connectivity index (χ0v) is 16.3. The second-order valence-electron chi connectivity index (χ2n) is 5.37. The van der Waals surface area contributed by atoms with Gasteiger partial charge in [-0.2, -0.15) is 25.3 Å². The van der Waals surface area contributed by atoms with Crippen LogP contribution in [0.3, 0.4) is 0 Å². The number of rotatable bonds is 7. The molecule has 0 aliphatic heterocycles. The SMILES string of the molecule is CC(S)CSc1ccc(-c2ccc(SCC(C)S)cc2)cc1. The fourth-order valence-corrected chi connectivity index (χ4v) is 3.89. The van der Waals surface area contributed by atoms with E-state index in [1.54, 1.807) is 0 Å². The van der Waals surface area contributed by atoms with Gasteiger partial charge in [0.1, 0.15) is 0 Å². The Balaban J connectivity index is 1.99. The van der Waals surface area contributed by atoms with Crippen LogP contribution in [0.5, 0.6) is 0 Å². The van der Waals surface area contributed by atoms with Gasteiger partial charge in [0.05, 0.1) is 0 Å². The van der Waals surface area contributed by atoms with Gasteiger partial charge >= 0.3 is 0 Å². The Kier molecular flexibility index (Phi) is 7.61. The van der Waals surface area contributed by atoms with Crippen LogP contribution in [-0.2, 0) is 0 Å². The van der Waals surface area contributed by atoms with Crippen LogP contribution in [-0.4, -0.2) is 22.0 Å². The number of thiol groups is 2. The summed E-state index contributed by atoms with van der Waals surface area (Å²) in [6, 6.07) is 17.6. The highest BCUT2D eigenvalue weighted by atomic mass is 32.2. The van der Waals surface area contributed by atoms with Crippen molar-refractivity contribution in [3.8, 4) is 11.1 Å². The van der Waals surface area contributed by atoms with E-state index in [0.717, 1.165) is 11.5 Å². The fraction of sp³-hybridized carbons (Fsp3) is 0.333. The molecular formula is C18H22S4. The van der Waals surface area contributed by atoms with Crippen LogP contribution in [0.15, 0.2) is 58.3 Å². The third-order valence-corrected chi connectivity index (χ3v) is 6.43. The first-order chi connectivity index (χ1) is 10.5. The maximum absolute atomic E-state index is 4.42. The Morgan fingerprint density at radius 1 is 0.682 bits per heavy atom. The van der Waals surface area contributed by atoms with Crippen molar-refractivity contribution in [3.63, 3.8) is 0 Å². The Morgan fingerprint density at radius 2 is 1.00 bits per heavy atom. The van der Waals surface area contributed by atoms with E-state index in [4.69, 9.17) is 0 Å². The molecule has 0 amide bonds. The molecule has 0 N–H and O–H groups in total. The molecular weight excluding hydrogens is 344 g/mol. The highest BCUT2D eigenvalue weighted by molar-refractivity contribution is 8.00. The van der Waals surface area contributed by atoms with E-state index >= 15 is 0 Å². The monoisotopic (exact) mass is 366 g/mol. The molecule has 2 aromatic carbocycles. The molecule has 0 radical (unpaired) electrons. The summed E-state index contributed by atoms with van der Waals surface area (Å²) in [5.41, 5.74) is 2.53. The van der Waals surface area contributed by atoms with Crippen molar-refractivity contribution in [1.29, 1.82) is 0 Å². The molecule has 4 heteroatoms. The predicted molar refractivity (Wildman–Crippen MR) is 110 cm³/mol. The Morgan fingerprint density at radius 3 is 1.27 bits per heavy atom.